The van der Waals surface area contributed by atoms with E-state index in [9.17, 15) is 9.59 Å². The molecule has 0 bridgehead atoms. The predicted octanol–water partition coefficient (Wildman–Crippen LogP) is 2.69. The van der Waals surface area contributed by atoms with Gasteiger partial charge in [0.25, 0.3) is 0 Å². The zero-order valence-corrected chi connectivity index (χ0v) is 11.9. The zero-order valence-electron chi connectivity index (χ0n) is 10.4. The Labute approximate surface area is 119 Å². The first kappa shape index (κ1) is 14.2. The van der Waals surface area contributed by atoms with Crippen molar-refractivity contribution in [1.82, 2.24) is 0 Å². The minimum Gasteiger partial charge on any atom is -0.463 e. The molecule has 2 rings (SSSR count). The lowest BCUT2D eigenvalue weighted by Crippen LogP contribution is -2.21. The molecule has 0 saturated heterocycles. The summed E-state index contributed by atoms with van der Waals surface area (Å²) < 4.78 is 13.5. The molecule has 1 unspecified atom stereocenters. The molecular weight excluding hydrogens is 295 g/mol. The zero-order chi connectivity index (χ0) is 14.3. The van der Waals surface area contributed by atoms with Gasteiger partial charge in [0.2, 0.25) is 5.76 Å². The molecular formula is C12H12Cl2O5. The molecule has 104 valence electrons. The largest absolute Gasteiger partial charge is 0.463 e. The lowest BCUT2D eigenvalue weighted by Gasteiger charge is -2.11. The number of furan rings is 1. The van der Waals surface area contributed by atoms with Crippen LogP contribution in [0.4, 0.5) is 0 Å². The van der Waals surface area contributed by atoms with Crippen molar-refractivity contribution in [3.05, 3.63) is 23.7 Å². The monoisotopic (exact) mass is 306 g/mol. The molecule has 0 spiro atoms. The fraction of sp³-hybridized carbons (Fsp3) is 0.500. The maximum Gasteiger partial charge on any atom is 0.374 e. The van der Waals surface area contributed by atoms with Crippen LogP contribution in [-0.4, -0.2) is 23.4 Å². The normalized spacial score (nSPS) is 23.8. The molecule has 19 heavy (non-hydrogen) atoms. The maximum absolute atomic E-state index is 11.9. The van der Waals surface area contributed by atoms with Crippen molar-refractivity contribution in [2.45, 2.75) is 24.3 Å². The van der Waals surface area contributed by atoms with Crippen LogP contribution in [0.2, 0.25) is 0 Å². The van der Waals surface area contributed by atoms with Crippen molar-refractivity contribution in [2.24, 2.45) is 5.41 Å². The molecule has 5 nitrogen and oxygen atoms in total. The predicted molar refractivity (Wildman–Crippen MR) is 67.0 cm³/mol. The SMILES string of the molecule is COC(=O)c1occc1COC(=O)C1(C)CC1(Cl)Cl. The summed E-state index contributed by atoms with van der Waals surface area (Å²) in [6.45, 7) is 1.53. The Morgan fingerprint density at radius 1 is 1.47 bits per heavy atom. The van der Waals surface area contributed by atoms with E-state index in [0.29, 0.717) is 12.0 Å². The second kappa shape index (κ2) is 4.72. The van der Waals surface area contributed by atoms with Crippen molar-refractivity contribution < 1.29 is 23.5 Å². The molecule has 7 heteroatoms. The van der Waals surface area contributed by atoms with E-state index in [1.807, 2.05) is 0 Å². The molecule has 1 atom stereocenters. The van der Waals surface area contributed by atoms with E-state index in [2.05, 4.69) is 4.74 Å². The number of rotatable bonds is 4. The van der Waals surface area contributed by atoms with E-state index in [4.69, 9.17) is 32.4 Å². The lowest BCUT2D eigenvalue weighted by atomic mass is 10.1. The van der Waals surface area contributed by atoms with Crippen LogP contribution in [-0.2, 0) is 20.9 Å². The van der Waals surface area contributed by atoms with Crippen molar-refractivity contribution in [2.75, 3.05) is 7.11 Å². The van der Waals surface area contributed by atoms with Gasteiger partial charge in [-0.25, -0.2) is 4.79 Å². The molecule has 1 saturated carbocycles. The van der Waals surface area contributed by atoms with E-state index in [0.717, 1.165) is 0 Å². The van der Waals surface area contributed by atoms with Gasteiger partial charge in [-0.3, -0.25) is 4.79 Å². The number of hydrogen-bond acceptors (Lipinski definition) is 5. The van der Waals surface area contributed by atoms with Crippen LogP contribution >= 0.6 is 23.2 Å². The maximum atomic E-state index is 11.9. The average molecular weight is 307 g/mol. The Morgan fingerprint density at radius 3 is 2.63 bits per heavy atom. The Balaban J connectivity index is 1.99. The van der Waals surface area contributed by atoms with E-state index < -0.39 is 21.7 Å². The second-order valence-corrected chi connectivity index (χ2v) is 6.04. The Kier molecular flexibility index (Phi) is 3.53. The van der Waals surface area contributed by atoms with E-state index in [-0.39, 0.29) is 12.4 Å². The second-order valence-electron chi connectivity index (χ2n) is 4.56. The highest BCUT2D eigenvalue weighted by Crippen LogP contribution is 2.64. The van der Waals surface area contributed by atoms with Crippen molar-refractivity contribution in [1.29, 1.82) is 0 Å². The molecule has 1 aromatic heterocycles. The quantitative estimate of drug-likeness (QED) is 0.632. The Hall–Kier alpha value is -1.20. The van der Waals surface area contributed by atoms with Gasteiger partial charge in [-0.05, 0) is 13.0 Å². The van der Waals surface area contributed by atoms with Crippen LogP contribution in [0.25, 0.3) is 0 Å². The van der Waals surface area contributed by atoms with Crippen LogP contribution in [0, 0.1) is 5.41 Å². The molecule has 0 radical (unpaired) electrons. The minimum absolute atomic E-state index is 0.0132. The number of hydrogen-bond donors (Lipinski definition) is 0. The van der Waals surface area contributed by atoms with Crippen molar-refractivity contribution in [3.8, 4) is 0 Å². The fourth-order valence-electron chi connectivity index (χ4n) is 1.65. The first-order chi connectivity index (χ1) is 8.82. The standard InChI is InChI=1S/C12H12Cl2O5/c1-11(6-12(11,13)14)10(16)19-5-7-3-4-18-8(7)9(15)17-2/h3-4H,5-6H2,1-2H3. The van der Waals surface area contributed by atoms with Gasteiger partial charge in [-0.15, -0.1) is 23.2 Å². The number of carbonyl (C=O) groups is 2. The first-order valence-corrected chi connectivity index (χ1v) is 6.27. The highest BCUT2D eigenvalue weighted by Gasteiger charge is 2.69. The van der Waals surface area contributed by atoms with Gasteiger partial charge in [0.15, 0.2) is 0 Å². The first-order valence-electron chi connectivity index (χ1n) is 5.51. The molecule has 0 N–H and O–H groups in total. The highest BCUT2D eigenvalue weighted by atomic mass is 35.5. The van der Waals surface area contributed by atoms with Gasteiger partial charge in [-0.1, -0.05) is 0 Å². The van der Waals surface area contributed by atoms with E-state index >= 15 is 0 Å². The Bertz CT molecular complexity index is 522. The average Bonchev–Trinajstić information content (AvgIpc) is 2.75. The summed E-state index contributed by atoms with van der Waals surface area (Å²) in [6.07, 6.45) is 1.67. The third kappa shape index (κ3) is 2.44. The van der Waals surface area contributed by atoms with Crippen LogP contribution < -0.4 is 0 Å². The van der Waals surface area contributed by atoms with Crippen molar-refractivity contribution >= 4 is 35.1 Å². The summed E-state index contributed by atoms with van der Waals surface area (Å²) in [5, 5.41) is 0. The van der Waals surface area contributed by atoms with Gasteiger partial charge in [0, 0.05) is 12.0 Å². The Morgan fingerprint density at radius 2 is 2.11 bits per heavy atom. The van der Waals surface area contributed by atoms with Crippen LogP contribution in [0.1, 0.15) is 29.5 Å². The number of carbonyl (C=O) groups excluding carboxylic acids is 2. The van der Waals surface area contributed by atoms with E-state index in [1.165, 1.54) is 19.4 Å². The molecule has 1 fully saturated rings. The molecule has 0 amide bonds. The molecule has 0 aliphatic heterocycles. The van der Waals surface area contributed by atoms with Crippen LogP contribution in [0.3, 0.4) is 0 Å². The molecule has 0 aromatic carbocycles. The summed E-state index contributed by atoms with van der Waals surface area (Å²) in [6, 6.07) is 1.53. The van der Waals surface area contributed by atoms with Gasteiger partial charge in [-0.2, -0.15) is 0 Å². The van der Waals surface area contributed by atoms with Gasteiger partial charge in [0.1, 0.15) is 16.4 Å². The number of esters is 2. The van der Waals surface area contributed by atoms with E-state index in [1.54, 1.807) is 6.92 Å². The van der Waals surface area contributed by atoms with Gasteiger partial charge >= 0.3 is 11.9 Å². The van der Waals surface area contributed by atoms with Crippen LogP contribution in [0.15, 0.2) is 16.7 Å². The third-order valence-corrected chi connectivity index (χ3v) is 4.29. The topological polar surface area (TPSA) is 65.7 Å². The third-order valence-electron chi connectivity index (χ3n) is 3.18. The molecule has 1 aliphatic carbocycles. The molecule has 1 aliphatic rings. The summed E-state index contributed by atoms with van der Waals surface area (Å²) >= 11 is 11.8. The number of ether oxygens (including phenoxy) is 2. The van der Waals surface area contributed by atoms with Gasteiger partial charge in [0.05, 0.1) is 13.4 Å². The fourth-order valence-corrected chi connectivity index (χ4v) is 2.33. The molecule has 1 aromatic rings. The number of methoxy groups -OCH3 is 1. The minimum atomic E-state index is -1.08. The van der Waals surface area contributed by atoms with Crippen molar-refractivity contribution in [3.63, 3.8) is 0 Å². The number of halogens is 2. The summed E-state index contributed by atoms with van der Waals surface area (Å²) in [7, 11) is 1.24. The smallest absolute Gasteiger partial charge is 0.374 e. The summed E-state index contributed by atoms with van der Waals surface area (Å²) in [5.41, 5.74) is -0.468. The lowest BCUT2D eigenvalue weighted by molar-refractivity contribution is -0.151. The highest BCUT2D eigenvalue weighted by molar-refractivity contribution is 6.53. The van der Waals surface area contributed by atoms with Crippen LogP contribution in [0.5, 0.6) is 0 Å². The number of alkyl halides is 2. The summed E-state index contributed by atoms with van der Waals surface area (Å²) in [5.74, 6) is -1.12. The van der Waals surface area contributed by atoms with Gasteiger partial charge < -0.3 is 13.9 Å². The summed E-state index contributed by atoms with van der Waals surface area (Å²) in [4.78, 5) is 23.2. The molecule has 1 heterocycles.